The van der Waals surface area contributed by atoms with E-state index in [1.807, 2.05) is 0 Å². The number of benzene rings is 6. The zero-order chi connectivity index (χ0) is 50.0. The fourth-order valence-corrected chi connectivity index (χ4v) is 11.1. The molecule has 6 rings (SSSR count). The average Bonchev–Trinajstić information content (AvgIpc) is 3.15. The third-order valence-electron chi connectivity index (χ3n) is 8.68. The van der Waals surface area contributed by atoms with Crippen LogP contribution in [0.15, 0.2) is 122 Å². The van der Waals surface area contributed by atoms with Crippen LogP contribution in [0, 0.1) is 0 Å². The molecule has 66 heavy (non-hydrogen) atoms. The van der Waals surface area contributed by atoms with E-state index in [0.717, 1.165) is 42.5 Å². The van der Waals surface area contributed by atoms with Crippen molar-refractivity contribution < 1.29 is 83.2 Å². The fraction of sp³-hybridized carbons (Fsp3) is 0.0833. The van der Waals surface area contributed by atoms with Crippen LogP contribution in [0.3, 0.4) is 0 Å². The Morgan fingerprint density at radius 2 is 1.11 bits per heavy atom. The second-order valence-electron chi connectivity index (χ2n) is 13.4. The molecule has 0 bridgehead atoms. The van der Waals surface area contributed by atoms with E-state index in [0.29, 0.717) is 5.56 Å². The number of aromatic hydroxyl groups is 1. The lowest BCUT2D eigenvalue weighted by molar-refractivity contribution is 0.102. The molecule has 23 nitrogen and oxygen atoms in total. The number of amides is 1. The second-order valence-corrected chi connectivity index (χ2v) is 22.9. The Kier molecular flexibility index (Phi) is 15.7. The number of rotatable bonds is 11. The molecule has 30 heteroatoms. The molecule has 0 unspecified atom stereocenters. The van der Waals surface area contributed by atoms with Gasteiger partial charge in [0.2, 0.25) is 0 Å². The molecule has 6 aromatic carbocycles. The molecule has 0 aliphatic carbocycles. The number of nitrogens with one attached hydrogen (secondary N) is 1. The van der Waals surface area contributed by atoms with Crippen LogP contribution in [0.25, 0.3) is 21.5 Å². The molecule has 0 saturated heterocycles. The highest BCUT2D eigenvalue weighted by Crippen LogP contribution is 2.37. The number of carbonyl (C=O) groups is 1. The van der Waals surface area contributed by atoms with Crippen LogP contribution in [-0.2, 0) is 66.2 Å². The topological polar surface area (TPSA) is 433 Å². The number of hydrogen-bond donors (Lipinski definition) is 10. The number of alkyl halides is 1. The maximum atomic E-state index is 12.4. The van der Waals surface area contributed by atoms with Crippen LogP contribution in [0.4, 0.5) is 22.7 Å². The summed E-state index contributed by atoms with van der Waals surface area (Å²) < 4.78 is 181. The average molecular weight is 1060 g/mol. The van der Waals surface area contributed by atoms with Crippen molar-refractivity contribution in [3.8, 4) is 5.75 Å². The first-order valence-corrected chi connectivity index (χ1v) is 27.0. The number of phenols is 1. The molecular formula is C36H35ClN4O19S6. The summed E-state index contributed by atoms with van der Waals surface area (Å²) >= 11 is 5.47. The van der Waals surface area contributed by atoms with Crippen molar-refractivity contribution in [2.45, 2.75) is 30.2 Å². The van der Waals surface area contributed by atoms with E-state index in [9.17, 15) is 60.4 Å². The van der Waals surface area contributed by atoms with Crippen LogP contribution in [0.5, 0.6) is 5.75 Å². The highest BCUT2D eigenvalue weighted by atomic mass is 35.5. The van der Waals surface area contributed by atoms with E-state index in [1.165, 1.54) is 42.5 Å². The predicted molar refractivity (Wildman–Crippen MR) is 241 cm³/mol. The van der Waals surface area contributed by atoms with E-state index >= 15 is 0 Å². The molecule has 0 aromatic heterocycles. The van der Waals surface area contributed by atoms with E-state index in [-0.39, 0.29) is 67.2 Å². The van der Waals surface area contributed by atoms with Gasteiger partial charge in [-0.25, -0.2) is 8.42 Å². The van der Waals surface area contributed by atoms with Gasteiger partial charge in [0.25, 0.3) is 56.5 Å². The number of nitrogen functional groups attached to an aromatic ring is 3. The van der Waals surface area contributed by atoms with Crippen LogP contribution >= 0.6 is 11.6 Å². The Morgan fingerprint density at radius 1 is 0.545 bits per heavy atom. The molecule has 0 fully saturated rings. The van der Waals surface area contributed by atoms with Gasteiger partial charge in [0.1, 0.15) is 25.3 Å². The second kappa shape index (κ2) is 19.6. The van der Waals surface area contributed by atoms with Crippen molar-refractivity contribution in [1.29, 1.82) is 0 Å². The molecule has 0 aliphatic heterocycles. The van der Waals surface area contributed by atoms with Crippen LogP contribution in [0.2, 0.25) is 0 Å². The van der Waals surface area contributed by atoms with Crippen LogP contribution < -0.4 is 22.5 Å². The van der Waals surface area contributed by atoms with Gasteiger partial charge in [-0.3, -0.25) is 27.6 Å². The molecule has 6 aromatic rings. The Balaban J connectivity index is 0.000000221. The summed E-state index contributed by atoms with van der Waals surface area (Å²) in [5.74, 6) is -1.59. The van der Waals surface area contributed by atoms with E-state index in [2.05, 4.69) is 5.32 Å². The Bertz CT molecular complexity index is 3610. The lowest BCUT2D eigenvalue weighted by Crippen LogP contribution is -2.14. The van der Waals surface area contributed by atoms with Crippen molar-refractivity contribution in [2.75, 3.05) is 34.2 Å². The SMILES string of the molecule is Nc1cc(NC(=O)c2cccc(CS(=O)(=O)CCCl)c2)ccc1S(=O)(=O)O.Nc1ccc(S(=O)(=O)O)c2cc(S(=O)(=O)O)cc(O)c12.Nc1ccc2c(S(=O)(=O)O)cccc2c1S(=O)(=O)O. The van der Waals surface area contributed by atoms with E-state index in [1.54, 1.807) is 12.1 Å². The fourth-order valence-electron chi connectivity index (χ4n) is 5.95. The first-order valence-electron chi connectivity index (χ1n) is 17.5. The van der Waals surface area contributed by atoms with Crippen molar-refractivity contribution in [1.82, 2.24) is 0 Å². The molecular weight excluding hydrogens is 1020 g/mol. The summed E-state index contributed by atoms with van der Waals surface area (Å²) in [6, 6.07) is 19.2. The minimum absolute atomic E-state index is 0.0104. The number of halogens is 1. The zero-order valence-corrected chi connectivity index (χ0v) is 38.6. The molecule has 0 aliphatic rings. The lowest BCUT2D eigenvalue weighted by atomic mass is 10.1. The smallest absolute Gasteiger partial charge is 0.297 e. The highest BCUT2D eigenvalue weighted by molar-refractivity contribution is 7.90. The third kappa shape index (κ3) is 13.2. The molecule has 0 atom stereocenters. The number of sulfone groups is 1. The summed E-state index contributed by atoms with van der Waals surface area (Å²) in [7, 11) is -26.3. The number of anilines is 4. The van der Waals surface area contributed by atoms with E-state index in [4.69, 9.17) is 51.6 Å². The van der Waals surface area contributed by atoms with Gasteiger partial charge < -0.3 is 27.6 Å². The zero-order valence-electron chi connectivity index (χ0n) is 32.9. The van der Waals surface area contributed by atoms with Gasteiger partial charge in [0, 0.05) is 50.4 Å². The van der Waals surface area contributed by atoms with Gasteiger partial charge in [-0.2, -0.15) is 42.1 Å². The number of carbonyl (C=O) groups excluding carboxylic acids is 1. The number of hydrogen-bond acceptors (Lipinski definition) is 17. The number of phenolic OH excluding ortho intramolecular Hbond substituents is 1. The monoisotopic (exact) mass is 1050 g/mol. The molecule has 0 saturated carbocycles. The van der Waals surface area contributed by atoms with Crippen molar-refractivity contribution >= 4 is 122 Å². The summed E-state index contributed by atoms with van der Waals surface area (Å²) in [6.45, 7) is 0. The number of fused-ring (bicyclic) bond motifs is 2. The Morgan fingerprint density at radius 3 is 1.65 bits per heavy atom. The molecule has 1 amide bonds. The minimum atomic E-state index is -4.67. The van der Waals surface area contributed by atoms with Crippen LogP contribution in [-0.4, -0.2) is 95.9 Å². The van der Waals surface area contributed by atoms with Gasteiger partial charge in [0.05, 0.1) is 27.8 Å². The Labute approximate surface area is 381 Å². The number of nitrogens with two attached hydrogens (primary N) is 3. The van der Waals surface area contributed by atoms with Crippen molar-refractivity contribution in [3.05, 3.63) is 108 Å². The quantitative estimate of drug-likeness (QED) is 0.0504. The lowest BCUT2D eigenvalue weighted by Gasteiger charge is -2.10. The molecule has 356 valence electrons. The predicted octanol–water partition coefficient (Wildman–Crippen LogP) is 3.46. The molecule has 13 N–H and O–H groups in total. The van der Waals surface area contributed by atoms with Gasteiger partial charge in [-0.05, 0) is 66.2 Å². The Hall–Kier alpha value is -5.70. The largest absolute Gasteiger partial charge is 0.507 e. The summed E-state index contributed by atoms with van der Waals surface area (Å²) in [6.07, 6.45) is 0. The third-order valence-corrected chi connectivity index (χ3v) is 15.2. The minimum Gasteiger partial charge on any atom is -0.507 e. The summed E-state index contributed by atoms with van der Waals surface area (Å²) in [5.41, 5.74) is 17.0. The molecule has 0 radical (unpaired) electrons. The summed E-state index contributed by atoms with van der Waals surface area (Å²) in [5, 5.41) is 11.7. The van der Waals surface area contributed by atoms with E-state index < -0.39 is 96.6 Å². The van der Waals surface area contributed by atoms with Crippen molar-refractivity contribution in [2.24, 2.45) is 0 Å². The first kappa shape index (κ1) is 52.9. The molecule has 0 heterocycles. The van der Waals surface area contributed by atoms with Gasteiger partial charge in [-0.15, -0.1) is 11.6 Å². The van der Waals surface area contributed by atoms with Gasteiger partial charge in [0.15, 0.2) is 9.84 Å². The molecule has 0 spiro atoms. The van der Waals surface area contributed by atoms with Gasteiger partial charge >= 0.3 is 0 Å². The van der Waals surface area contributed by atoms with Gasteiger partial charge in [-0.1, -0.05) is 30.3 Å². The summed E-state index contributed by atoms with van der Waals surface area (Å²) in [4.78, 5) is 9.48. The van der Waals surface area contributed by atoms with Crippen molar-refractivity contribution in [3.63, 3.8) is 0 Å². The standard InChI is InChI=1S/C16H17ClN2O6S2.C10H9NO7S2.C10H9NO6S2/c17-6-7-26(21,22)10-11-2-1-3-12(8-11)16(20)19-13-4-5-15(14(18)9-13)27(23,24)25;11-7-1-2-9(20(16,17)18)6-3-5(19(13,14)15)4-8(12)10(6)7;11-8-5-4-6-7(10(8)19(15,16)17)2-1-3-9(6)18(12,13)14/h1-5,8-9H,6-7,10,18H2,(H,19,20)(H,23,24,25);1-4,12H,11H2,(H,13,14,15)(H,16,17,18);1-5H,11H2,(H,12,13,14)(H,15,16,17). The maximum absolute atomic E-state index is 12.4. The first-order chi connectivity index (χ1) is 30.2. The highest BCUT2D eigenvalue weighted by Gasteiger charge is 2.24. The normalized spacial score (nSPS) is 12.4. The maximum Gasteiger partial charge on any atom is 0.297 e. The van der Waals surface area contributed by atoms with Crippen LogP contribution in [0.1, 0.15) is 15.9 Å².